The Kier molecular flexibility index (Phi) is 6.55. The Labute approximate surface area is 185 Å². The highest BCUT2D eigenvalue weighted by Gasteiger charge is 2.12. The zero-order valence-corrected chi connectivity index (χ0v) is 17.8. The number of nitrogens with zero attached hydrogens (tertiary/aromatic N) is 3. The molecular weight excluding hydrogens is 404 g/mol. The smallest absolute Gasteiger partial charge is 0.274 e. The van der Waals surface area contributed by atoms with E-state index >= 15 is 0 Å². The molecule has 0 unspecified atom stereocenters. The van der Waals surface area contributed by atoms with E-state index in [1.807, 2.05) is 61.5 Å². The average Bonchev–Trinajstić information content (AvgIpc) is 2.82. The van der Waals surface area contributed by atoms with Crippen LogP contribution in [0, 0.1) is 0 Å². The Morgan fingerprint density at radius 3 is 2.50 bits per heavy atom. The molecule has 0 saturated carbocycles. The molecule has 7 nitrogen and oxygen atoms in total. The maximum absolute atomic E-state index is 12.9. The molecule has 0 atom stereocenters. The van der Waals surface area contributed by atoms with Gasteiger partial charge in [0.05, 0.1) is 37.2 Å². The van der Waals surface area contributed by atoms with Crippen molar-refractivity contribution in [2.75, 3.05) is 6.61 Å². The molecule has 2 heterocycles. The third-order valence-corrected chi connectivity index (χ3v) is 5.05. The Hall–Kier alpha value is -4.00. The fourth-order valence-electron chi connectivity index (χ4n) is 3.51. The predicted molar refractivity (Wildman–Crippen MR) is 123 cm³/mol. The van der Waals surface area contributed by atoms with Crippen molar-refractivity contribution in [1.82, 2.24) is 20.1 Å². The van der Waals surface area contributed by atoms with Gasteiger partial charge in [-0.15, -0.1) is 0 Å². The van der Waals surface area contributed by atoms with E-state index in [1.54, 1.807) is 18.5 Å². The summed E-state index contributed by atoms with van der Waals surface area (Å²) in [5.41, 5.74) is 2.24. The number of pyridine rings is 1. The molecule has 0 aliphatic carbocycles. The number of amides is 1. The van der Waals surface area contributed by atoms with Crippen molar-refractivity contribution in [3.8, 4) is 5.75 Å². The van der Waals surface area contributed by atoms with Crippen LogP contribution in [0.5, 0.6) is 5.75 Å². The fraction of sp³-hybridized carbons (Fsp3) is 0.200. The standard InChI is InChI=1S/C25H24N4O3/c1-2-32-20-11-9-18(10-12-20)14-24(30)27-16-23-21-7-3-4-8-22(21)25(31)29(28-23)17-19-6-5-13-26-15-19/h3-13,15H,2,14,16-17H2,1H3,(H,27,30). The molecule has 0 bridgehead atoms. The Morgan fingerprint density at radius 2 is 1.78 bits per heavy atom. The van der Waals surface area contributed by atoms with Gasteiger partial charge in [0.15, 0.2) is 0 Å². The molecule has 7 heteroatoms. The minimum absolute atomic E-state index is 0.120. The lowest BCUT2D eigenvalue weighted by Gasteiger charge is -2.12. The molecule has 1 N–H and O–H groups in total. The number of aromatic nitrogens is 3. The fourth-order valence-corrected chi connectivity index (χ4v) is 3.51. The van der Waals surface area contributed by atoms with E-state index in [0.29, 0.717) is 24.2 Å². The highest BCUT2D eigenvalue weighted by atomic mass is 16.5. The van der Waals surface area contributed by atoms with Crippen molar-refractivity contribution in [1.29, 1.82) is 0 Å². The summed E-state index contributed by atoms with van der Waals surface area (Å²) in [4.78, 5) is 29.6. The zero-order chi connectivity index (χ0) is 22.3. The molecule has 0 aliphatic heterocycles. The van der Waals surface area contributed by atoms with Gasteiger partial charge in [-0.3, -0.25) is 14.6 Å². The number of ether oxygens (including phenoxy) is 1. The SMILES string of the molecule is CCOc1ccc(CC(=O)NCc2nn(Cc3cccnc3)c(=O)c3ccccc23)cc1. The van der Waals surface area contributed by atoms with Crippen molar-refractivity contribution in [2.45, 2.75) is 26.4 Å². The van der Waals surface area contributed by atoms with Gasteiger partial charge in [0.25, 0.3) is 5.56 Å². The first-order valence-electron chi connectivity index (χ1n) is 10.5. The highest BCUT2D eigenvalue weighted by Crippen LogP contribution is 2.15. The normalized spacial score (nSPS) is 10.8. The number of nitrogens with one attached hydrogen (secondary N) is 1. The van der Waals surface area contributed by atoms with Crippen LogP contribution in [-0.4, -0.2) is 27.3 Å². The molecule has 162 valence electrons. The van der Waals surface area contributed by atoms with Crippen molar-refractivity contribution < 1.29 is 9.53 Å². The average molecular weight is 428 g/mol. The van der Waals surface area contributed by atoms with Gasteiger partial charge in [-0.25, -0.2) is 4.68 Å². The van der Waals surface area contributed by atoms with Crippen LogP contribution >= 0.6 is 0 Å². The molecule has 2 aromatic carbocycles. The molecule has 32 heavy (non-hydrogen) atoms. The number of rotatable bonds is 8. The largest absolute Gasteiger partial charge is 0.494 e. The van der Waals surface area contributed by atoms with Gasteiger partial charge in [-0.2, -0.15) is 5.10 Å². The van der Waals surface area contributed by atoms with Crippen molar-refractivity contribution in [2.24, 2.45) is 0 Å². The summed E-state index contributed by atoms with van der Waals surface area (Å²) in [5.74, 6) is 0.660. The summed E-state index contributed by atoms with van der Waals surface area (Å²) < 4.78 is 6.86. The zero-order valence-electron chi connectivity index (χ0n) is 17.8. The number of hydrogen-bond acceptors (Lipinski definition) is 5. The number of fused-ring (bicyclic) bond motifs is 1. The van der Waals surface area contributed by atoms with E-state index in [-0.39, 0.29) is 24.4 Å². The van der Waals surface area contributed by atoms with Crippen LogP contribution in [0.4, 0.5) is 0 Å². The number of hydrogen-bond donors (Lipinski definition) is 1. The first-order chi connectivity index (χ1) is 15.6. The minimum Gasteiger partial charge on any atom is -0.494 e. The lowest BCUT2D eigenvalue weighted by Crippen LogP contribution is -2.29. The molecule has 0 spiro atoms. The second-order valence-corrected chi connectivity index (χ2v) is 7.35. The third kappa shape index (κ3) is 5.00. The number of carbonyl (C=O) groups excluding carboxylic acids is 1. The van der Waals surface area contributed by atoms with Gasteiger partial charge in [0.2, 0.25) is 5.91 Å². The summed E-state index contributed by atoms with van der Waals surface area (Å²) in [5, 5.41) is 8.79. The lowest BCUT2D eigenvalue weighted by atomic mass is 10.1. The van der Waals surface area contributed by atoms with E-state index < -0.39 is 0 Å². The van der Waals surface area contributed by atoms with E-state index in [4.69, 9.17) is 4.74 Å². The Balaban J connectivity index is 1.52. The van der Waals surface area contributed by atoms with Gasteiger partial charge in [-0.1, -0.05) is 36.4 Å². The molecule has 0 saturated heterocycles. The van der Waals surface area contributed by atoms with Gasteiger partial charge in [0, 0.05) is 17.8 Å². The Morgan fingerprint density at radius 1 is 1.00 bits per heavy atom. The van der Waals surface area contributed by atoms with Crippen LogP contribution in [0.1, 0.15) is 23.7 Å². The maximum atomic E-state index is 12.9. The molecule has 0 fully saturated rings. The van der Waals surface area contributed by atoms with Gasteiger partial charge in [-0.05, 0) is 42.3 Å². The van der Waals surface area contributed by atoms with Gasteiger partial charge < -0.3 is 10.1 Å². The lowest BCUT2D eigenvalue weighted by molar-refractivity contribution is -0.120. The van der Waals surface area contributed by atoms with Crippen LogP contribution in [0.3, 0.4) is 0 Å². The summed E-state index contributed by atoms with van der Waals surface area (Å²) >= 11 is 0. The van der Waals surface area contributed by atoms with E-state index in [1.165, 1.54) is 4.68 Å². The molecule has 2 aromatic heterocycles. The molecule has 1 amide bonds. The van der Waals surface area contributed by atoms with Crippen molar-refractivity contribution in [3.05, 3.63) is 100 Å². The second kappa shape index (κ2) is 9.87. The van der Waals surface area contributed by atoms with Crippen LogP contribution < -0.4 is 15.6 Å². The molecule has 4 aromatic rings. The quantitative estimate of drug-likeness (QED) is 0.466. The van der Waals surface area contributed by atoms with E-state index in [0.717, 1.165) is 22.3 Å². The molecule has 0 aliphatic rings. The topological polar surface area (TPSA) is 86.1 Å². The van der Waals surface area contributed by atoms with Crippen LogP contribution in [0.2, 0.25) is 0 Å². The third-order valence-electron chi connectivity index (χ3n) is 5.05. The molecular formula is C25H24N4O3. The summed E-state index contributed by atoms with van der Waals surface area (Å²) in [6, 6.07) is 18.5. The predicted octanol–water partition coefficient (Wildman–Crippen LogP) is 3.10. The maximum Gasteiger partial charge on any atom is 0.274 e. The number of carbonyl (C=O) groups is 1. The van der Waals surface area contributed by atoms with Crippen molar-refractivity contribution >= 4 is 16.7 Å². The van der Waals surface area contributed by atoms with Gasteiger partial charge >= 0.3 is 0 Å². The molecule has 0 radical (unpaired) electrons. The summed E-state index contributed by atoms with van der Waals surface area (Å²) in [6.07, 6.45) is 3.65. The summed E-state index contributed by atoms with van der Waals surface area (Å²) in [6.45, 7) is 3.07. The van der Waals surface area contributed by atoms with E-state index in [2.05, 4.69) is 15.4 Å². The summed E-state index contributed by atoms with van der Waals surface area (Å²) in [7, 11) is 0. The van der Waals surface area contributed by atoms with Crippen molar-refractivity contribution in [3.63, 3.8) is 0 Å². The number of benzene rings is 2. The first kappa shape index (κ1) is 21.2. The second-order valence-electron chi connectivity index (χ2n) is 7.35. The van der Waals surface area contributed by atoms with E-state index in [9.17, 15) is 9.59 Å². The molecule has 4 rings (SSSR count). The van der Waals surface area contributed by atoms with Crippen LogP contribution in [-0.2, 0) is 24.3 Å². The van der Waals surface area contributed by atoms with Crippen LogP contribution in [0.15, 0.2) is 77.9 Å². The Bertz CT molecular complexity index is 1270. The first-order valence-corrected chi connectivity index (χ1v) is 10.5. The van der Waals surface area contributed by atoms with Crippen LogP contribution in [0.25, 0.3) is 10.8 Å². The highest BCUT2D eigenvalue weighted by molar-refractivity contribution is 5.84. The minimum atomic E-state index is -0.172. The monoisotopic (exact) mass is 428 g/mol. The van der Waals surface area contributed by atoms with Gasteiger partial charge in [0.1, 0.15) is 5.75 Å².